The van der Waals surface area contributed by atoms with E-state index in [0.717, 1.165) is 0 Å². The summed E-state index contributed by atoms with van der Waals surface area (Å²) in [6.45, 7) is -0.295. The predicted octanol–water partition coefficient (Wildman–Crippen LogP) is 2.35. The molecule has 0 aliphatic heterocycles. The maximum atomic E-state index is 10.5. The lowest BCUT2D eigenvalue weighted by Gasteiger charge is -2.01. The number of aliphatic hydroxyl groups excluding tert-OH is 1. The minimum atomic E-state index is -0.503. The van der Waals surface area contributed by atoms with Crippen molar-refractivity contribution in [2.24, 2.45) is 0 Å². The van der Waals surface area contributed by atoms with E-state index in [2.05, 4.69) is 0 Å². The molecule has 0 unspecified atom stereocenters. The Balaban J connectivity index is 3.30. The number of nitro groups is 1. The van der Waals surface area contributed by atoms with E-state index in [1.54, 1.807) is 0 Å². The van der Waals surface area contributed by atoms with Crippen LogP contribution in [0.3, 0.4) is 0 Å². The molecule has 0 atom stereocenters. The number of halogens is 2. The van der Waals surface area contributed by atoms with Crippen LogP contribution in [0.15, 0.2) is 12.1 Å². The fourth-order valence-electron chi connectivity index (χ4n) is 0.842. The molecule has 1 N–H and O–H groups in total. The molecule has 0 bridgehead atoms. The van der Waals surface area contributed by atoms with Crippen LogP contribution >= 0.6 is 34.2 Å². The van der Waals surface area contributed by atoms with E-state index in [0.29, 0.717) is 14.2 Å². The molecule has 0 aliphatic carbocycles. The number of aliphatic hydroxyl groups is 1. The molecule has 0 amide bonds. The Morgan fingerprint density at radius 3 is 2.69 bits per heavy atom. The number of hydrogen-bond donors (Lipinski definition) is 1. The van der Waals surface area contributed by atoms with Gasteiger partial charge in [0.05, 0.1) is 15.1 Å². The Labute approximate surface area is 92.8 Å². The van der Waals surface area contributed by atoms with Crippen molar-refractivity contribution in [2.75, 3.05) is 0 Å². The summed E-state index contributed by atoms with van der Waals surface area (Å²) >= 11 is 7.55. The summed E-state index contributed by atoms with van der Waals surface area (Å²) in [5.41, 5.74) is 0.336. The van der Waals surface area contributed by atoms with Gasteiger partial charge in [0.25, 0.3) is 5.69 Å². The molecule has 1 aromatic carbocycles. The van der Waals surface area contributed by atoms with E-state index < -0.39 is 4.92 Å². The summed E-state index contributed by atoms with van der Waals surface area (Å²) in [4.78, 5) is 9.97. The van der Waals surface area contributed by atoms with Crippen molar-refractivity contribution in [3.63, 3.8) is 0 Å². The molecular formula is C7H5ClINO3. The van der Waals surface area contributed by atoms with Crippen molar-refractivity contribution >= 4 is 39.9 Å². The third-order valence-corrected chi connectivity index (χ3v) is 2.70. The van der Waals surface area contributed by atoms with Gasteiger partial charge in [0.15, 0.2) is 0 Å². The maximum Gasteiger partial charge on any atom is 0.283 e. The van der Waals surface area contributed by atoms with Crippen LogP contribution in [0.25, 0.3) is 0 Å². The largest absolute Gasteiger partial charge is 0.392 e. The van der Waals surface area contributed by atoms with Gasteiger partial charge in [-0.3, -0.25) is 10.1 Å². The summed E-state index contributed by atoms with van der Waals surface area (Å²) in [6.07, 6.45) is 0. The van der Waals surface area contributed by atoms with Crippen molar-refractivity contribution in [1.82, 2.24) is 0 Å². The van der Waals surface area contributed by atoms with Gasteiger partial charge in [0.2, 0.25) is 0 Å². The number of nitro benzene ring substituents is 1. The third kappa shape index (κ3) is 2.29. The first-order valence-corrected chi connectivity index (χ1v) is 4.75. The molecule has 0 spiro atoms. The molecule has 0 aromatic heterocycles. The minimum Gasteiger partial charge on any atom is -0.392 e. The standard InChI is InChI=1S/C7H5ClINO3/c8-5-2-6(9)7(10(12)13)1-4(5)3-11/h1-2,11H,3H2. The third-order valence-electron chi connectivity index (χ3n) is 1.48. The highest BCUT2D eigenvalue weighted by Crippen LogP contribution is 2.27. The molecule has 0 saturated heterocycles. The number of nitrogens with zero attached hydrogens (tertiary/aromatic N) is 1. The van der Waals surface area contributed by atoms with E-state index in [1.165, 1.54) is 12.1 Å². The van der Waals surface area contributed by atoms with Crippen LogP contribution in [0.1, 0.15) is 5.56 Å². The molecule has 1 rings (SSSR count). The Bertz CT molecular complexity index is 356. The molecule has 4 nitrogen and oxygen atoms in total. The van der Waals surface area contributed by atoms with Crippen LogP contribution in [-0.4, -0.2) is 10.0 Å². The van der Waals surface area contributed by atoms with Crippen molar-refractivity contribution in [3.8, 4) is 0 Å². The van der Waals surface area contributed by atoms with Crippen LogP contribution in [0.2, 0.25) is 5.02 Å². The molecule has 0 fully saturated rings. The topological polar surface area (TPSA) is 63.4 Å². The second-order valence-corrected chi connectivity index (χ2v) is 3.88. The van der Waals surface area contributed by atoms with Crippen LogP contribution < -0.4 is 0 Å². The molecular weight excluding hydrogens is 308 g/mol. The summed E-state index contributed by atoms with van der Waals surface area (Å²) < 4.78 is 0.463. The second kappa shape index (κ2) is 4.21. The fraction of sp³-hybridized carbons (Fsp3) is 0.143. The number of hydrogen-bond acceptors (Lipinski definition) is 3. The lowest BCUT2D eigenvalue weighted by atomic mass is 10.2. The van der Waals surface area contributed by atoms with E-state index >= 15 is 0 Å². The summed E-state index contributed by atoms with van der Waals surface area (Å²) in [5.74, 6) is 0. The monoisotopic (exact) mass is 313 g/mol. The van der Waals surface area contributed by atoms with Gasteiger partial charge in [-0.2, -0.15) is 0 Å². The minimum absolute atomic E-state index is 0.0333. The van der Waals surface area contributed by atoms with Crippen molar-refractivity contribution in [3.05, 3.63) is 36.4 Å². The van der Waals surface area contributed by atoms with Crippen LogP contribution in [-0.2, 0) is 6.61 Å². The van der Waals surface area contributed by atoms with Gasteiger partial charge in [-0.05, 0) is 28.7 Å². The molecule has 6 heteroatoms. The average molecular weight is 313 g/mol. The Morgan fingerprint density at radius 1 is 1.62 bits per heavy atom. The quantitative estimate of drug-likeness (QED) is 0.518. The van der Waals surface area contributed by atoms with Crippen molar-refractivity contribution < 1.29 is 10.0 Å². The summed E-state index contributed by atoms with van der Waals surface area (Å²) in [6, 6.07) is 2.75. The Kier molecular flexibility index (Phi) is 3.46. The predicted molar refractivity (Wildman–Crippen MR) is 56.7 cm³/mol. The molecule has 13 heavy (non-hydrogen) atoms. The first-order chi connectivity index (χ1) is 6.06. The van der Waals surface area contributed by atoms with Gasteiger partial charge in [-0.1, -0.05) is 11.6 Å². The normalized spacial score (nSPS) is 10.1. The first-order valence-electron chi connectivity index (χ1n) is 3.29. The highest BCUT2D eigenvalue weighted by Gasteiger charge is 2.14. The van der Waals surface area contributed by atoms with Crippen LogP contribution in [0, 0.1) is 13.7 Å². The van der Waals surface area contributed by atoms with E-state index in [1.807, 2.05) is 22.6 Å². The molecule has 0 aliphatic rings. The highest BCUT2D eigenvalue weighted by molar-refractivity contribution is 14.1. The zero-order valence-electron chi connectivity index (χ0n) is 6.33. The molecule has 0 radical (unpaired) electrons. The lowest BCUT2D eigenvalue weighted by Crippen LogP contribution is -1.94. The number of rotatable bonds is 2. The molecule has 70 valence electrons. The zero-order valence-corrected chi connectivity index (χ0v) is 9.24. The SMILES string of the molecule is O=[N+]([O-])c1cc(CO)c(Cl)cc1I. The van der Waals surface area contributed by atoms with Crippen LogP contribution in [0.5, 0.6) is 0 Å². The Hall–Kier alpha value is -0.400. The summed E-state index contributed by atoms with van der Waals surface area (Å²) in [7, 11) is 0. The fourth-order valence-corrected chi connectivity index (χ4v) is 1.91. The van der Waals surface area contributed by atoms with E-state index in [9.17, 15) is 10.1 Å². The molecule has 0 heterocycles. The average Bonchev–Trinajstić information content (AvgIpc) is 2.03. The van der Waals surface area contributed by atoms with Gasteiger partial charge < -0.3 is 5.11 Å². The molecule has 0 saturated carbocycles. The van der Waals surface area contributed by atoms with Gasteiger partial charge in [-0.15, -0.1) is 0 Å². The van der Waals surface area contributed by atoms with Crippen LogP contribution in [0.4, 0.5) is 5.69 Å². The van der Waals surface area contributed by atoms with Gasteiger partial charge in [0.1, 0.15) is 0 Å². The lowest BCUT2D eigenvalue weighted by molar-refractivity contribution is -0.385. The van der Waals surface area contributed by atoms with Gasteiger partial charge in [-0.25, -0.2) is 0 Å². The van der Waals surface area contributed by atoms with Crippen molar-refractivity contribution in [1.29, 1.82) is 0 Å². The molecule has 1 aromatic rings. The van der Waals surface area contributed by atoms with E-state index in [4.69, 9.17) is 16.7 Å². The summed E-state index contributed by atoms with van der Waals surface area (Å²) in [5, 5.41) is 19.6. The van der Waals surface area contributed by atoms with E-state index in [-0.39, 0.29) is 12.3 Å². The maximum absolute atomic E-state index is 10.5. The highest BCUT2D eigenvalue weighted by atomic mass is 127. The van der Waals surface area contributed by atoms with Crippen molar-refractivity contribution in [2.45, 2.75) is 6.61 Å². The van der Waals surface area contributed by atoms with Gasteiger partial charge in [0, 0.05) is 16.7 Å². The Morgan fingerprint density at radius 2 is 2.23 bits per heavy atom. The van der Waals surface area contributed by atoms with Gasteiger partial charge >= 0.3 is 0 Å². The zero-order chi connectivity index (χ0) is 10.0. The second-order valence-electron chi connectivity index (χ2n) is 2.31. The first kappa shape index (κ1) is 10.7. The smallest absolute Gasteiger partial charge is 0.283 e. The number of benzene rings is 1.